The summed E-state index contributed by atoms with van der Waals surface area (Å²) in [6.07, 6.45) is 1.84. The lowest BCUT2D eigenvalue weighted by molar-refractivity contribution is -0.113. The van der Waals surface area contributed by atoms with Crippen LogP contribution in [-0.4, -0.2) is 14.8 Å². The van der Waals surface area contributed by atoms with Gasteiger partial charge in [0.25, 0.3) is 5.91 Å². The minimum Gasteiger partial charge on any atom is -0.340 e. The van der Waals surface area contributed by atoms with E-state index in [2.05, 4.69) is 10.6 Å². The van der Waals surface area contributed by atoms with E-state index in [0.29, 0.717) is 21.3 Å². The molecule has 0 unspecified atom stereocenters. The third-order valence-corrected chi connectivity index (χ3v) is 7.21. The number of nitriles is 1. The Morgan fingerprint density at radius 1 is 1.06 bits per heavy atom. The average Bonchev–Trinajstić information content (AvgIpc) is 3.27. The first-order chi connectivity index (χ1) is 16.5. The molecule has 1 aliphatic heterocycles. The Bertz CT molecular complexity index is 1550. The maximum Gasteiger partial charge on any atom is 0.270 e. The number of thiocarbonyl (C=S) groups is 1. The van der Waals surface area contributed by atoms with Crippen molar-refractivity contribution < 1.29 is 9.18 Å². The van der Waals surface area contributed by atoms with E-state index in [-0.39, 0.29) is 11.6 Å². The van der Waals surface area contributed by atoms with Gasteiger partial charge in [0.05, 0.1) is 22.2 Å². The van der Waals surface area contributed by atoms with E-state index in [1.165, 1.54) is 22.7 Å². The number of hydrogen-bond acceptors (Lipinski definition) is 4. The van der Waals surface area contributed by atoms with Crippen LogP contribution in [0.4, 0.5) is 10.1 Å². The Labute approximate surface area is 205 Å². The van der Waals surface area contributed by atoms with Crippen molar-refractivity contribution in [1.82, 2.24) is 4.57 Å². The molecule has 3 aromatic carbocycles. The van der Waals surface area contributed by atoms with Crippen molar-refractivity contribution in [3.63, 3.8) is 0 Å². The highest BCUT2D eigenvalue weighted by atomic mass is 32.2. The molecule has 5 rings (SSSR count). The molecular formula is C27H18FN3OS2. The van der Waals surface area contributed by atoms with Gasteiger partial charge >= 0.3 is 0 Å². The van der Waals surface area contributed by atoms with Gasteiger partial charge in [0.1, 0.15) is 5.82 Å². The fourth-order valence-electron chi connectivity index (χ4n) is 4.22. The first kappa shape index (κ1) is 22.1. The lowest BCUT2D eigenvalue weighted by Gasteiger charge is -2.14. The van der Waals surface area contributed by atoms with Gasteiger partial charge in [-0.1, -0.05) is 72.5 Å². The molecule has 166 valence electrons. The van der Waals surface area contributed by atoms with Gasteiger partial charge in [0, 0.05) is 28.7 Å². The molecule has 0 bridgehead atoms. The van der Waals surface area contributed by atoms with Gasteiger partial charge in [-0.3, -0.25) is 9.69 Å². The van der Waals surface area contributed by atoms with Crippen molar-refractivity contribution in [2.75, 3.05) is 4.90 Å². The van der Waals surface area contributed by atoms with Gasteiger partial charge in [-0.05, 0) is 42.8 Å². The van der Waals surface area contributed by atoms with E-state index in [0.717, 1.165) is 27.7 Å². The Balaban J connectivity index is 1.60. The van der Waals surface area contributed by atoms with Crippen LogP contribution in [-0.2, 0) is 11.3 Å². The number of amides is 1. The molecule has 0 atom stereocenters. The predicted octanol–water partition coefficient (Wildman–Crippen LogP) is 6.41. The number of halogens is 1. The van der Waals surface area contributed by atoms with Crippen molar-refractivity contribution in [2.24, 2.45) is 0 Å². The maximum atomic E-state index is 14.4. The van der Waals surface area contributed by atoms with E-state index in [1.54, 1.807) is 18.2 Å². The zero-order valence-electron chi connectivity index (χ0n) is 18.2. The second kappa shape index (κ2) is 8.90. The van der Waals surface area contributed by atoms with Gasteiger partial charge in [-0.2, -0.15) is 5.26 Å². The van der Waals surface area contributed by atoms with Crippen LogP contribution < -0.4 is 4.90 Å². The highest BCUT2D eigenvalue weighted by molar-refractivity contribution is 8.27. The molecule has 1 fully saturated rings. The minimum atomic E-state index is -0.496. The van der Waals surface area contributed by atoms with Gasteiger partial charge in [0.2, 0.25) is 0 Å². The predicted molar refractivity (Wildman–Crippen MR) is 139 cm³/mol. The van der Waals surface area contributed by atoms with Gasteiger partial charge in [-0.25, -0.2) is 4.39 Å². The lowest BCUT2D eigenvalue weighted by Crippen LogP contribution is -2.28. The molecule has 0 spiro atoms. The summed E-state index contributed by atoms with van der Waals surface area (Å²) in [4.78, 5) is 14.9. The average molecular weight is 484 g/mol. The quantitative estimate of drug-likeness (QED) is 0.248. The summed E-state index contributed by atoms with van der Waals surface area (Å²) < 4.78 is 16.8. The van der Waals surface area contributed by atoms with E-state index < -0.39 is 5.82 Å². The van der Waals surface area contributed by atoms with Crippen LogP contribution in [0.25, 0.3) is 17.0 Å². The van der Waals surface area contributed by atoms with Gasteiger partial charge < -0.3 is 4.57 Å². The minimum absolute atomic E-state index is 0.153. The van der Waals surface area contributed by atoms with Crippen LogP contribution in [0.2, 0.25) is 0 Å². The number of fused-ring (bicyclic) bond motifs is 1. The molecule has 0 saturated carbocycles. The monoisotopic (exact) mass is 483 g/mol. The van der Waals surface area contributed by atoms with Crippen molar-refractivity contribution in [3.05, 3.63) is 106 Å². The van der Waals surface area contributed by atoms with E-state index in [9.17, 15) is 14.4 Å². The molecule has 1 aromatic heterocycles. The fourth-order valence-corrected chi connectivity index (χ4v) is 5.49. The molecule has 0 N–H and O–H groups in total. The number of thioether (sulfide) groups is 1. The summed E-state index contributed by atoms with van der Waals surface area (Å²) in [5.41, 5.74) is 4.58. The number of rotatable bonds is 4. The maximum absolute atomic E-state index is 14.4. The first-order valence-corrected chi connectivity index (χ1v) is 11.8. The topological polar surface area (TPSA) is 49.0 Å². The molecule has 34 heavy (non-hydrogen) atoms. The summed E-state index contributed by atoms with van der Waals surface area (Å²) in [5, 5.41) is 10.5. The van der Waals surface area contributed by atoms with Gasteiger partial charge in [0.15, 0.2) is 4.32 Å². The van der Waals surface area contributed by atoms with Crippen molar-refractivity contribution >= 4 is 56.9 Å². The Morgan fingerprint density at radius 2 is 1.76 bits per heavy atom. The Kier molecular flexibility index (Phi) is 5.78. The standard InChI is InChI=1S/C27H18FN3OS2/c1-17-21(14-25-26(32)31(27(33)34-25)24-13-7-5-11-22(24)28)20-10-4-6-12-23(20)30(17)16-19-9-3-2-8-18(19)15-29/h2-14H,16H2,1H3/b25-14+. The summed E-state index contributed by atoms with van der Waals surface area (Å²) in [7, 11) is 0. The van der Waals surface area contributed by atoms with Crippen molar-refractivity contribution in [2.45, 2.75) is 13.5 Å². The van der Waals surface area contributed by atoms with Crippen LogP contribution in [0.5, 0.6) is 0 Å². The molecule has 1 amide bonds. The molecule has 1 saturated heterocycles. The summed E-state index contributed by atoms with van der Waals surface area (Å²) >= 11 is 6.59. The molecule has 0 aliphatic carbocycles. The van der Waals surface area contributed by atoms with Crippen LogP contribution in [0.1, 0.15) is 22.4 Å². The van der Waals surface area contributed by atoms with Crippen LogP contribution >= 0.6 is 24.0 Å². The Morgan fingerprint density at radius 3 is 2.56 bits per heavy atom. The number of carbonyl (C=O) groups excluding carboxylic acids is 1. The molecule has 0 radical (unpaired) electrons. The highest BCUT2D eigenvalue weighted by Gasteiger charge is 2.35. The normalized spacial score (nSPS) is 14.9. The van der Waals surface area contributed by atoms with E-state index >= 15 is 0 Å². The third-order valence-electron chi connectivity index (χ3n) is 5.91. The molecular weight excluding hydrogens is 465 g/mol. The number of para-hydroxylation sites is 2. The number of carbonyl (C=O) groups is 1. The van der Waals surface area contributed by atoms with Gasteiger partial charge in [-0.15, -0.1) is 0 Å². The zero-order chi connectivity index (χ0) is 23.8. The molecule has 4 nitrogen and oxygen atoms in total. The van der Waals surface area contributed by atoms with Crippen LogP contribution in [0, 0.1) is 24.1 Å². The fraction of sp³-hybridized carbons (Fsp3) is 0.0741. The number of hydrogen-bond donors (Lipinski definition) is 0. The SMILES string of the molecule is Cc1c(/C=C2/SC(=S)N(c3ccccc3F)C2=O)c2ccccc2n1Cc1ccccc1C#N. The summed E-state index contributed by atoms with van der Waals surface area (Å²) in [6, 6.07) is 23.9. The Hall–Kier alpha value is -3.73. The van der Waals surface area contributed by atoms with E-state index in [4.69, 9.17) is 12.2 Å². The third kappa shape index (κ3) is 3.71. The number of anilines is 1. The summed E-state index contributed by atoms with van der Waals surface area (Å²) in [6.45, 7) is 2.53. The van der Waals surface area contributed by atoms with Crippen LogP contribution in [0.3, 0.4) is 0 Å². The largest absolute Gasteiger partial charge is 0.340 e. The number of nitrogens with zero attached hydrogens (tertiary/aromatic N) is 3. The van der Waals surface area contributed by atoms with Crippen LogP contribution in [0.15, 0.2) is 77.7 Å². The molecule has 7 heteroatoms. The van der Waals surface area contributed by atoms with Crippen molar-refractivity contribution in [3.8, 4) is 6.07 Å². The number of benzene rings is 3. The second-order valence-electron chi connectivity index (χ2n) is 7.84. The molecule has 1 aliphatic rings. The van der Waals surface area contributed by atoms with Crippen molar-refractivity contribution in [1.29, 1.82) is 5.26 Å². The van der Waals surface area contributed by atoms with E-state index in [1.807, 2.05) is 61.5 Å². The molecule has 2 heterocycles. The molecule has 4 aromatic rings. The summed E-state index contributed by atoms with van der Waals surface area (Å²) in [5.74, 6) is -0.838. The second-order valence-corrected chi connectivity index (χ2v) is 9.52. The first-order valence-electron chi connectivity index (χ1n) is 10.6. The highest BCUT2D eigenvalue weighted by Crippen LogP contribution is 2.39. The zero-order valence-corrected chi connectivity index (χ0v) is 19.8. The smallest absolute Gasteiger partial charge is 0.270 e. The number of aromatic nitrogens is 1. The lowest BCUT2D eigenvalue weighted by atomic mass is 10.1.